The van der Waals surface area contributed by atoms with Gasteiger partial charge in [-0.15, -0.1) is 0 Å². The summed E-state index contributed by atoms with van der Waals surface area (Å²) in [5.41, 5.74) is 2.87. The van der Waals surface area contributed by atoms with Gasteiger partial charge in [-0.3, -0.25) is 4.79 Å². The van der Waals surface area contributed by atoms with Crippen LogP contribution in [0.15, 0.2) is 39.1 Å². The lowest BCUT2D eigenvalue weighted by Gasteiger charge is -2.22. The number of nitrogens with zero attached hydrogens (tertiary/aromatic N) is 2. The second-order valence-electron chi connectivity index (χ2n) is 3.98. The number of rotatable bonds is 3. The summed E-state index contributed by atoms with van der Waals surface area (Å²) in [6.07, 6.45) is 1.46. The van der Waals surface area contributed by atoms with Crippen LogP contribution in [0.2, 0.25) is 0 Å². The molecule has 1 aliphatic rings. The minimum atomic E-state index is -0.725. The number of furan rings is 1. The van der Waals surface area contributed by atoms with Gasteiger partial charge in [-0.2, -0.15) is 0 Å². The van der Waals surface area contributed by atoms with Crippen molar-refractivity contribution in [3.63, 3.8) is 0 Å². The fourth-order valence-electron chi connectivity index (χ4n) is 1.93. The molecule has 0 amide bonds. The highest BCUT2D eigenvalue weighted by atomic mass is 16.7. The van der Waals surface area contributed by atoms with Crippen LogP contribution in [0.1, 0.15) is 25.6 Å². The molecule has 1 aromatic heterocycles. The first-order chi connectivity index (χ1) is 8.99. The van der Waals surface area contributed by atoms with Gasteiger partial charge in [0, 0.05) is 11.3 Å². The van der Waals surface area contributed by atoms with Gasteiger partial charge in [0.2, 0.25) is 0 Å². The van der Waals surface area contributed by atoms with E-state index in [0.29, 0.717) is 17.0 Å². The number of ketones is 1. The molecule has 0 bridgehead atoms. The van der Waals surface area contributed by atoms with E-state index in [1.807, 2.05) is 5.43 Å². The maximum absolute atomic E-state index is 11.7. The van der Waals surface area contributed by atoms with Crippen LogP contribution in [0.3, 0.4) is 0 Å². The Morgan fingerprint density at radius 1 is 1.63 bits per heavy atom. The maximum atomic E-state index is 11.7. The lowest BCUT2D eigenvalue weighted by Crippen LogP contribution is -2.43. The van der Waals surface area contributed by atoms with Crippen LogP contribution >= 0.6 is 0 Å². The van der Waals surface area contributed by atoms with Crippen LogP contribution in [0.4, 0.5) is 0 Å². The minimum Gasteiger partial charge on any atom is -0.467 e. The van der Waals surface area contributed by atoms with Crippen LogP contribution in [-0.4, -0.2) is 16.8 Å². The quantitative estimate of drug-likeness (QED) is 0.620. The number of nitro groups is 1. The van der Waals surface area contributed by atoms with E-state index in [-0.39, 0.29) is 11.7 Å². The topological polar surface area (TPSA) is 110 Å². The largest absolute Gasteiger partial charge is 0.467 e. The van der Waals surface area contributed by atoms with Crippen molar-refractivity contribution in [2.75, 3.05) is 0 Å². The summed E-state index contributed by atoms with van der Waals surface area (Å²) in [6.45, 7) is 3.07. The van der Waals surface area contributed by atoms with Crippen molar-refractivity contribution in [1.29, 1.82) is 0 Å². The van der Waals surface area contributed by atoms with Gasteiger partial charge >= 0.3 is 0 Å². The first-order valence-electron chi connectivity index (χ1n) is 5.50. The number of hydrogen-bond donors (Lipinski definition) is 2. The molecule has 1 aliphatic heterocycles. The van der Waals surface area contributed by atoms with Crippen LogP contribution in [-0.2, 0) is 4.79 Å². The summed E-state index contributed by atoms with van der Waals surface area (Å²) in [7, 11) is 0. The molecule has 19 heavy (non-hydrogen) atoms. The van der Waals surface area contributed by atoms with E-state index in [1.54, 1.807) is 19.1 Å². The first-order valence-corrected chi connectivity index (χ1v) is 5.50. The van der Waals surface area contributed by atoms with E-state index >= 15 is 0 Å². The summed E-state index contributed by atoms with van der Waals surface area (Å²) >= 11 is 0. The fourth-order valence-corrected chi connectivity index (χ4v) is 1.93. The van der Waals surface area contributed by atoms with E-state index in [1.165, 1.54) is 13.2 Å². The van der Waals surface area contributed by atoms with Crippen LogP contribution in [0.5, 0.6) is 0 Å². The Bertz CT molecular complexity index is 574. The standard InChI is InChI=1S/C11H12N4O4/c1-6-9(7(2)16)10(8-4-3-5-19-8)13-11(12-6)14-15(17)18/h3-5,10H,1-2H3,(H2,12,13,14)/t10-/m0/s1. The van der Waals surface area contributed by atoms with Crippen molar-refractivity contribution in [1.82, 2.24) is 10.7 Å². The predicted molar refractivity (Wildman–Crippen MR) is 65.5 cm³/mol. The third-order valence-electron chi connectivity index (χ3n) is 2.63. The molecule has 2 rings (SSSR count). The Labute approximate surface area is 108 Å². The number of allylic oxidation sites excluding steroid dienone is 1. The van der Waals surface area contributed by atoms with Gasteiger partial charge in [-0.25, -0.2) is 15.1 Å². The molecule has 0 saturated carbocycles. The molecule has 0 saturated heterocycles. The van der Waals surface area contributed by atoms with Gasteiger partial charge in [0.05, 0.1) is 6.26 Å². The molecule has 1 atom stereocenters. The zero-order valence-corrected chi connectivity index (χ0v) is 10.3. The van der Waals surface area contributed by atoms with Gasteiger partial charge < -0.3 is 9.73 Å². The molecule has 100 valence electrons. The highest BCUT2D eigenvalue weighted by Gasteiger charge is 2.29. The lowest BCUT2D eigenvalue weighted by atomic mass is 9.98. The molecule has 0 aromatic carbocycles. The lowest BCUT2D eigenvalue weighted by molar-refractivity contribution is -0.525. The molecule has 8 heteroatoms. The third-order valence-corrected chi connectivity index (χ3v) is 2.63. The van der Waals surface area contributed by atoms with Crippen LogP contribution in [0.25, 0.3) is 0 Å². The number of hydrazine groups is 1. The molecular weight excluding hydrogens is 252 g/mol. The summed E-state index contributed by atoms with van der Waals surface area (Å²) in [6, 6.07) is 2.65. The summed E-state index contributed by atoms with van der Waals surface area (Å²) in [5, 5.41) is 12.4. The molecule has 2 heterocycles. The summed E-state index contributed by atoms with van der Waals surface area (Å²) in [5.74, 6) is 0.248. The molecule has 0 spiro atoms. The van der Waals surface area contributed by atoms with E-state index in [4.69, 9.17) is 4.42 Å². The zero-order valence-electron chi connectivity index (χ0n) is 10.3. The molecule has 0 unspecified atom stereocenters. The molecule has 2 N–H and O–H groups in total. The second kappa shape index (κ2) is 4.92. The summed E-state index contributed by atoms with van der Waals surface area (Å²) < 4.78 is 5.24. The van der Waals surface area contributed by atoms with Gasteiger partial charge in [-0.05, 0) is 26.0 Å². The molecule has 1 aromatic rings. The highest BCUT2D eigenvalue weighted by Crippen LogP contribution is 2.30. The molecule has 0 fully saturated rings. The predicted octanol–water partition coefficient (Wildman–Crippen LogP) is 0.924. The van der Waals surface area contributed by atoms with Gasteiger partial charge in [0.25, 0.3) is 5.96 Å². The fraction of sp³-hybridized carbons (Fsp3) is 0.273. The van der Waals surface area contributed by atoms with Gasteiger partial charge in [0.15, 0.2) is 10.8 Å². The second-order valence-corrected chi connectivity index (χ2v) is 3.98. The van der Waals surface area contributed by atoms with Crippen molar-refractivity contribution in [2.24, 2.45) is 4.99 Å². The van der Waals surface area contributed by atoms with Crippen molar-refractivity contribution in [3.05, 3.63) is 45.5 Å². The highest BCUT2D eigenvalue weighted by molar-refractivity contribution is 5.98. The third kappa shape index (κ3) is 2.62. The Balaban J connectivity index is 2.41. The maximum Gasteiger partial charge on any atom is 0.259 e. The molecular formula is C11H12N4O4. The average molecular weight is 264 g/mol. The number of aliphatic imine (C=N–C) groups is 1. The number of Topliss-reactive ketones (excluding diaryl/α,β-unsaturated/α-hetero) is 1. The van der Waals surface area contributed by atoms with Crippen LogP contribution in [0, 0.1) is 10.1 Å². The Kier molecular flexibility index (Phi) is 3.32. The minimum absolute atomic E-state index is 0.0334. The van der Waals surface area contributed by atoms with Crippen molar-refractivity contribution >= 4 is 11.7 Å². The van der Waals surface area contributed by atoms with Crippen molar-refractivity contribution in [2.45, 2.75) is 19.9 Å². The number of carbonyl (C=O) groups is 1. The smallest absolute Gasteiger partial charge is 0.259 e. The number of guanidine groups is 1. The SMILES string of the molecule is CC(=O)C1=C(C)NC(N[N+](=O)[O-])=N[C@H]1c1ccco1. The Hall–Kier alpha value is -2.64. The van der Waals surface area contributed by atoms with E-state index in [0.717, 1.165) is 0 Å². The Morgan fingerprint density at radius 2 is 2.37 bits per heavy atom. The van der Waals surface area contributed by atoms with Crippen molar-refractivity contribution in [3.8, 4) is 0 Å². The molecule has 8 nitrogen and oxygen atoms in total. The summed E-state index contributed by atoms with van der Waals surface area (Å²) in [4.78, 5) is 26.2. The first kappa shape index (κ1) is 12.8. The van der Waals surface area contributed by atoms with Gasteiger partial charge in [0.1, 0.15) is 11.8 Å². The number of hydrogen-bond acceptors (Lipinski definition) is 6. The van der Waals surface area contributed by atoms with E-state index in [9.17, 15) is 14.9 Å². The molecule has 0 radical (unpaired) electrons. The van der Waals surface area contributed by atoms with E-state index < -0.39 is 11.1 Å². The number of nitrogens with one attached hydrogen (secondary N) is 2. The zero-order chi connectivity index (χ0) is 14.0. The average Bonchev–Trinajstić information content (AvgIpc) is 2.79. The normalized spacial score (nSPS) is 18.6. The van der Waals surface area contributed by atoms with Crippen LogP contribution < -0.4 is 10.7 Å². The van der Waals surface area contributed by atoms with Crippen molar-refractivity contribution < 1.29 is 14.2 Å². The molecule has 0 aliphatic carbocycles. The van der Waals surface area contributed by atoms with Gasteiger partial charge in [-0.1, -0.05) is 5.43 Å². The van der Waals surface area contributed by atoms with E-state index in [2.05, 4.69) is 10.3 Å². The monoisotopic (exact) mass is 264 g/mol. The Morgan fingerprint density at radius 3 is 2.89 bits per heavy atom. The number of carbonyl (C=O) groups excluding carboxylic acids is 1.